The fourth-order valence-electron chi connectivity index (χ4n) is 2.85. The number of primary amides is 1. The molecule has 1 fully saturated rings. The average molecular weight is 335 g/mol. The number of hydrogen-bond donors (Lipinski definition) is 1. The number of carbonyl (C=O) groups excluding carboxylic acids is 2. The minimum atomic E-state index is -0.370. The quantitative estimate of drug-likeness (QED) is 0.690. The molecular weight excluding hydrogens is 314 g/mol. The molecule has 5 heteroatoms. The van der Waals surface area contributed by atoms with E-state index in [9.17, 15) is 9.59 Å². The summed E-state index contributed by atoms with van der Waals surface area (Å²) in [5.41, 5.74) is 8.01. The molecule has 1 aliphatic rings. The van der Waals surface area contributed by atoms with E-state index in [0.717, 1.165) is 24.3 Å². The van der Waals surface area contributed by atoms with Crippen molar-refractivity contribution in [2.24, 2.45) is 5.73 Å². The number of allylic oxidation sites excluding steroid dienone is 1. The van der Waals surface area contributed by atoms with Crippen molar-refractivity contribution in [3.05, 3.63) is 71.8 Å². The first-order valence-electron chi connectivity index (χ1n) is 8.30. The molecule has 0 saturated carbocycles. The predicted octanol–water partition coefficient (Wildman–Crippen LogP) is 2.78. The van der Waals surface area contributed by atoms with Crippen LogP contribution in [0.1, 0.15) is 15.9 Å². The Balaban J connectivity index is 1.61. The van der Waals surface area contributed by atoms with Gasteiger partial charge in [0.1, 0.15) is 0 Å². The van der Waals surface area contributed by atoms with E-state index in [-0.39, 0.29) is 11.8 Å². The Hall–Kier alpha value is -3.08. The monoisotopic (exact) mass is 335 g/mol. The summed E-state index contributed by atoms with van der Waals surface area (Å²) >= 11 is 0. The zero-order chi connectivity index (χ0) is 17.6. The molecule has 2 N–H and O–H groups in total. The highest BCUT2D eigenvalue weighted by molar-refractivity contribution is 6.06. The van der Waals surface area contributed by atoms with Gasteiger partial charge >= 0.3 is 6.03 Å². The maximum atomic E-state index is 12.3. The van der Waals surface area contributed by atoms with Crippen LogP contribution in [0.2, 0.25) is 0 Å². The van der Waals surface area contributed by atoms with E-state index in [2.05, 4.69) is 4.90 Å². The molecule has 0 radical (unpaired) electrons. The molecule has 2 aromatic rings. The Labute approximate surface area is 147 Å². The van der Waals surface area contributed by atoms with E-state index in [1.165, 1.54) is 0 Å². The number of nitrogens with two attached hydrogens (primary N) is 1. The summed E-state index contributed by atoms with van der Waals surface area (Å²) in [7, 11) is 0. The van der Waals surface area contributed by atoms with Crippen LogP contribution in [-0.4, -0.2) is 42.9 Å². The summed E-state index contributed by atoms with van der Waals surface area (Å²) in [6, 6.07) is 16.9. The van der Waals surface area contributed by atoms with E-state index >= 15 is 0 Å². The minimum Gasteiger partial charge on any atom is -0.368 e. The van der Waals surface area contributed by atoms with E-state index in [4.69, 9.17) is 5.73 Å². The van der Waals surface area contributed by atoms with Crippen LogP contribution in [0.5, 0.6) is 0 Å². The van der Waals surface area contributed by atoms with Gasteiger partial charge in [0.2, 0.25) is 0 Å². The fraction of sp³-hybridized carbons (Fsp3) is 0.200. The highest BCUT2D eigenvalue weighted by Crippen LogP contribution is 2.18. The molecule has 5 nitrogen and oxygen atoms in total. The zero-order valence-electron chi connectivity index (χ0n) is 14.0. The number of carbonyl (C=O) groups is 2. The molecular formula is C20H21N3O2. The number of amides is 2. The van der Waals surface area contributed by atoms with Crippen LogP contribution in [0.25, 0.3) is 6.08 Å². The van der Waals surface area contributed by atoms with Crippen molar-refractivity contribution in [3.63, 3.8) is 0 Å². The Morgan fingerprint density at radius 2 is 1.52 bits per heavy atom. The smallest absolute Gasteiger partial charge is 0.314 e. The third kappa shape index (κ3) is 4.26. The number of nitrogens with zero attached hydrogens (tertiary/aromatic N) is 2. The van der Waals surface area contributed by atoms with Gasteiger partial charge in [0.15, 0.2) is 5.78 Å². The van der Waals surface area contributed by atoms with Crippen molar-refractivity contribution in [2.75, 3.05) is 31.1 Å². The van der Waals surface area contributed by atoms with Gasteiger partial charge in [0.25, 0.3) is 0 Å². The van der Waals surface area contributed by atoms with Crippen molar-refractivity contribution >= 4 is 23.6 Å². The summed E-state index contributed by atoms with van der Waals surface area (Å²) in [5.74, 6) is -0.0195. The normalized spacial score (nSPS) is 14.7. The second-order valence-electron chi connectivity index (χ2n) is 5.97. The van der Waals surface area contributed by atoms with Gasteiger partial charge in [-0.2, -0.15) is 0 Å². The van der Waals surface area contributed by atoms with Crippen molar-refractivity contribution in [3.8, 4) is 0 Å². The van der Waals surface area contributed by atoms with Crippen molar-refractivity contribution in [1.82, 2.24) is 4.90 Å². The van der Waals surface area contributed by atoms with Gasteiger partial charge in [-0.15, -0.1) is 0 Å². The van der Waals surface area contributed by atoms with Crippen molar-refractivity contribution < 1.29 is 9.59 Å². The molecule has 2 amide bonds. The summed E-state index contributed by atoms with van der Waals surface area (Å²) in [5, 5.41) is 0. The molecule has 0 unspecified atom stereocenters. The molecule has 0 aromatic heterocycles. The molecule has 1 saturated heterocycles. The van der Waals surface area contributed by atoms with Gasteiger partial charge in [-0.1, -0.05) is 36.4 Å². The van der Waals surface area contributed by atoms with E-state index in [1.807, 2.05) is 60.7 Å². The topological polar surface area (TPSA) is 66.6 Å². The molecule has 0 bridgehead atoms. The molecule has 128 valence electrons. The Morgan fingerprint density at radius 1 is 0.880 bits per heavy atom. The first-order chi connectivity index (χ1) is 12.1. The van der Waals surface area contributed by atoms with Gasteiger partial charge in [0.05, 0.1) is 0 Å². The molecule has 0 spiro atoms. The van der Waals surface area contributed by atoms with Crippen LogP contribution in [0.15, 0.2) is 60.7 Å². The Kier molecular flexibility index (Phi) is 5.14. The molecule has 0 aliphatic carbocycles. The van der Waals surface area contributed by atoms with E-state index in [0.29, 0.717) is 18.7 Å². The lowest BCUT2D eigenvalue weighted by Crippen LogP contribution is -2.50. The lowest BCUT2D eigenvalue weighted by atomic mass is 10.1. The lowest BCUT2D eigenvalue weighted by Gasteiger charge is -2.35. The standard InChI is InChI=1S/C20H21N3O2/c21-20(25)23-14-12-22(13-15-23)18-9-7-17(8-10-18)19(24)11-6-16-4-2-1-3-5-16/h1-11H,12-15H2,(H2,21,25)/b11-6+. The first kappa shape index (κ1) is 16.8. The number of hydrogen-bond acceptors (Lipinski definition) is 3. The number of piperazine rings is 1. The maximum absolute atomic E-state index is 12.3. The second kappa shape index (κ2) is 7.66. The van der Waals surface area contributed by atoms with Crippen LogP contribution in [0, 0.1) is 0 Å². The second-order valence-corrected chi connectivity index (χ2v) is 5.97. The number of rotatable bonds is 4. The molecule has 1 heterocycles. The van der Waals surface area contributed by atoms with Crippen LogP contribution in [0.3, 0.4) is 0 Å². The first-order valence-corrected chi connectivity index (χ1v) is 8.30. The van der Waals surface area contributed by atoms with Crippen LogP contribution in [-0.2, 0) is 0 Å². The van der Waals surface area contributed by atoms with Crippen molar-refractivity contribution in [1.29, 1.82) is 0 Å². The minimum absolute atomic E-state index is 0.0195. The van der Waals surface area contributed by atoms with Gasteiger partial charge < -0.3 is 15.5 Å². The van der Waals surface area contributed by atoms with Gasteiger partial charge in [-0.05, 0) is 35.9 Å². The molecule has 1 aliphatic heterocycles. The zero-order valence-corrected chi connectivity index (χ0v) is 14.0. The molecule has 3 rings (SSSR count). The average Bonchev–Trinajstić information content (AvgIpc) is 2.67. The number of urea groups is 1. The van der Waals surface area contributed by atoms with Gasteiger partial charge in [0, 0.05) is 37.4 Å². The summed E-state index contributed by atoms with van der Waals surface area (Å²) < 4.78 is 0. The van der Waals surface area contributed by atoms with Crippen LogP contribution >= 0.6 is 0 Å². The SMILES string of the molecule is NC(=O)N1CCN(c2ccc(C(=O)/C=C/c3ccccc3)cc2)CC1. The van der Waals surface area contributed by atoms with Crippen LogP contribution < -0.4 is 10.6 Å². The largest absolute Gasteiger partial charge is 0.368 e. The van der Waals surface area contributed by atoms with Crippen molar-refractivity contribution in [2.45, 2.75) is 0 Å². The highest BCUT2D eigenvalue weighted by atomic mass is 16.2. The Morgan fingerprint density at radius 3 is 2.12 bits per heavy atom. The predicted molar refractivity (Wildman–Crippen MR) is 99.6 cm³/mol. The number of anilines is 1. The van der Waals surface area contributed by atoms with Gasteiger partial charge in [-0.25, -0.2) is 4.79 Å². The van der Waals surface area contributed by atoms with Crippen LogP contribution in [0.4, 0.5) is 10.5 Å². The van der Waals surface area contributed by atoms with E-state index in [1.54, 1.807) is 11.0 Å². The summed E-state index contributed by atoms with van der Waals surface area (Å²) in [6.07, 6.45) is 3.41. The Bertz CT molecular complexity index is 761. The fourth-order valence-corrected chi connectivity index (χ4v) is 2.85. The summed E-state index contributed by atoms with van der Waals surface area (Å²) in [4.78, 5) is 27.3. The number of benzene rings is 2. The maximum Gasteiger partial charge on any atom is 0.314 e. The van der Waals surface area contributed by atoms with E-state index < -0.39 is 0 Å². The molecule has 2 aromatic carbocycles. The molecule has 0 atom stereocenters. The number of ketones is 1. The third-order valence-corrected chi connectivity index (χ3v) is 4.34. The lowest BCUT2D eigenvalue weighted by molar-refractivity contribution is 0.104. The molecule has 25 heavy (non-hydrogen) atoms. The summed E-state index contributed by atoms with van der Waals surface area (Å²) in [6.45, 7) is 2.72. The van der Waals surface area contributed by atoms with Gasteiger partial charge in [-0.3, -0.25) is 4.79 Å². The highest BCUT2D eigenvalue weighted by Gasteiger charge is 2.19. The third-order valence-electron chi connectivity index (χ3n) is 4.34.